The molecule has 4 nitrogen and oxygen atoms in total. The van der Waals surface area contributed by atoms with Gasteiger partial charge >= 0.3 is 0 Å². The van der Waals surface area contributed by atoms with E-state index < -0.39 is 0 Å². The topological polar surface area (TPSA) is 67.5 Å². The molecule has 4 unspecified atom stereocenters. The van der Waals surface area contributed by atoms with E-state index in [2.05, 4.69) is 19.2 Å². The molecule has 0 aromatic rings. The summed E-state index contributed by atoms with van der Waals surface area (Å²) in [6.45, 7) is 6.11. The Morgan fingerprint density at radius 2 is 2.10 bits per heavy atom. The number of nitrogens with two attached hydrogens (primary N) is 1. The number of rotatable bonds is 5. The van der Waals surface area contributed by atoms with Crippen LogP contribution in [0.5, 0.6) is 0 Å². The lowest BCUT2D eigenvalue weighted by Gasteiger charge is -2.49. The second-order valence-electron chi connectivity index (χ2n) is 7.04. The lowest BCUT2D eigenvalue weighted by atomic mass is 9.76. The number of aliphatic hydroxyl groups excluding tert-OH is 1. The predicted molar refractivity (Wildman–Crippen MR) is 81.6 cm³/mol. The number of nitrogens with one attached hydrogen (secondary N) is 1. The first kappa shape index (κ1) is 16.2. The number of ether oxygens (including phenoxy) is 1. The molecular weight excluding hydrogens is 252 g/mol. The van der Waals surface area contributed by atoms with Crippen molar-refractivity contribution in [1.29, 1.82) is 0 Å². The van der Waals surface area contributed by atoms with E-state index in [9.17, 15) is 5.11 Å². The molecule has 2 aliphatic rings. The van der Waals surface area contributed by atoms with E-state index in [1.807, 2.05) is 0 Å². The molecule has 0 aromatic carbocycles. The first-order chi connectivity index (χ1) is 9.56. The third-order valence-corrected chi connectivity index (χ3v) is 5.52. The van der Waals surface area contributed by atoms with E-state index in [1.165, 1.54) is 12.8 Å². The van der Waals surface area contributed by atoms with Crippen LogP contribution in [0.1, 0.15) is 58.8 Å². The van der Waals surface area contributed by atoms with Crippen LogP contribution in [0.25, 0.3) is 0 Å². The molecule has 1 saturated heterocycles. The van der Waals surface area contributed by atoms with Crippen LogP contribution in [0.3, 0.4) is 0 Å². The predicted octanol–water partition coefficient (Wildman–Crippen LogP) is 1.80. The molecule has 2 fully saturated rings. The van der Waals surface area contributed by atoms with Crippen molar-refractivity contribution in [2.24, 2.45) is 11.7 Å². The maximum atomic E-state index is 9.60. The molecule has 0 bridgehead atoms. The van der Waals surface area contributed by atoms with Gasteiger partial charge in [0.2, 0.25) is 0 Å². The Morgan fingerprint density at radius 3 is 2.75 bits per heavy atom. The van der Waals surface area contributed by atoms with Crippen molar-refractivity contribution in [3.8, 4) is 0 Å². The molecule has 1 aliphatic heterocycles. The average Bonchev–Trinajstić information content (AvgIpc) is 2.48. The molecule has 4 heteroatoms. The maximum Gasteiger partial charge on any atom is 0.0670 e. The molecule has 20 heavy (non-hydrogen) atoms. The number of hydrogen-bond donors (Lipinski definition) is 3. The van der Waals surface area contributed by atoms with Gasteiger partial charge in [-0.05, 0) is 44.9 Å². The summed E-state index contributed by atoms with van der Waals surface area (Å²) < 4.78 is 5.97. The normalized spacial score (nSPS) is 42.6. The van der Waals surface area contributed by atoms with Gasteiger partial charge in [-0.2, -0.15) is 0 Å². The molecule has 4 atom stereocenters. The monoisotopic (exact) mass is 284 g/mol. The summed E-state index contributed by atoms with van der Waals surface area (Å²) in [5, 5.41) is 13.4. The van der Waals surface area contributed by atoms with Crippen LogP contribution >= 0.6 is 0 Å². The summed E-state index contributed by atoms with van der Waals surface area (Å²) in [5.41, 5.74) is 6.06. The summed E-state index contributed by atoms with van der Waals surface area (Å²) in [5.74, 6) is 0.392. The first-order valence-corrected chi connectivity index (χ1v) is 8.29. The molecule has 0 spiro atoms. The molecule has 1 saturated carbocycles. The third kappa shape index (κ3) is 3.53. The van der Waals surface area contributed by atoms with Crippen molar-refractivity contribution >= 4 is 0 Å². The van der Waals surface area contributed by atoms with Gasteiger partial charge in [0.1, 0.15) is 0 Å². The third-order valence-electron chi connectivity index (χ3n) is 5.52. The van der Waals surface area contributed by atoms with E-state index in [0.29, 0.717) is 25.1 Å². The van der Waals surface area contributed by atoms with Crippen LogP contribution in [0.15, 0.2) is 0 Å². The van der Waals surface area contributed by atoms with Gasteiger partial charge in [0, 0.05) is 31.3 Å². The fraction of sp³-hybridized carbons (Fsp3) is 1.00. The van der Waals surface area contributed by atoms with Crippen molar-refractivity contribution < 1.29 is 9.84 Å². The van der Waals surface area contributed by atoms with Gasteiger partial charge in [0.25, 0.3) is 0 Å². The highest BCUT2D eigenvalue weighted by Crippen LogP contribution is 2.36. The lowest BCUT2D eigenvalue weighted by Crippen LogP contribution is -2.63. The van der Waals surface area contributed by atoms with Crippen molar-refractivity contribution in [2.45, 2.75) is 76.0 Å². The van der Waals surface area contributed by atoms with Crippen molar-refractivity contribution in [2.75, 3.05) is 19.8 Å². The van der Waals surface area contributed by atoms with Crippen LogP contribution in [0.2, 0.25) is 0 Å². The molecule has 0 aromatic heterocycles. The highest BCUT2D eigenvalue weighted by molar-refractivity contribution is 5.01. The fourth-order valence-electron chi connectivity index (χ4n) is 3.94. The molecule has 0 radical (unpaired) electrons. The van der Waals surface area contributed by atoms with Crippen LogP contribution in [-0.2, 0) is 4.74 Å². The van der Waals surface area contributed by atoms with Crippen LogP contribution in [-0.4, -0.2) is 42.0 Å². The molecule has 118 valence electrons. The maximum absolute atomic E-state index is 9.60. The van der Waals surface area contributed by atoms with E-state index in [1.54, 1.807) is 0 Å². The molecule has 4 N–H and O–H groups in total. The summed E-state index contributed by atoms with van der Waals surface area (Å²) in [7, 11) is 0. The minimum atomic E-state index is -0.0615. The Kier molecular flexibility index (Phi) is 5.46. The zero-order chi connectivity index (χ0) is 14.6. The molecule has 1 heterocycles. The van der Waals surface area contributed by atoms with Crippen LogP contribution in [0, 0.1) is 5.92 Å². The van der Waals surface area contributed by atoms with Gasteiger partial charge in [0.15, 0.2) is 0 Å². The molecule has 2 rings (SSSR count). The fourth-order valence-corrected chi connectivity index (χ4v) is 3.94. The standard InChI is InChI=1S/C16H32N2O2/c1-3-15(2)11-16(12-17,8-9-20-15)18-14-7-5-4-6-13(14)10-19/h13-14,18-19H,3-12,17H2,1-2H3. The van der Waals surface area contributed by atoms with E-state index in [0.717, 1.165) is 38.7 Å². The van der Waals surface area contributed by atoms with Gasteiger partial charge in [-0.25, -0.2) is 0 Å². The van der Waals surface area contributed by atoms with Gasteiger partial charge in [-0.1, -0.05) is 19.8 Å². The van der Waals surface area contributed by atoms with Crippen LogP contribution < -0.4 is 11.1 Å². The Morgan fingerprint density at radius 1 is 1.35 bits per heavy atom. The van der Waals surface area contributed by atoms with E-state index in [4.69, 9.17) is 10.5 Å². The Hall–Kier alpha value is -0.160. The quantitative estimate of drug-likeness (QED) is 0.720. The van der Waals surface area contributed by atoms with Crippen molar-refractivity contribution in [3.05, 3.63) is 0 Å². The van der Waals surface area contributed by atoms with Gasteiger partial charge in [-0.15, -0.1) is 0 Å². The highest BCUT2D eigenvalue weighted by atomic mass is 16.5. The molecule has 1 aliphatic carbocycles. The minimum Gasteiger partial charge on any atom is -0.396 e. The zero-order valence-electron chi connectivity index (χ0n) is 13.2. The minimum absolute atomic E-state index is 0.0154. The SMILES string of the molecule is CCC1(C)CC(CN)(NC2CCCCC2CO)CCO1. The highest BCUT2D eigenvalue weighted by Gasteiger charge is 2.43. The van der Waals surface area contributed by atoms with Gasteiger partial charge in [-0.3, -0.25) is 0 Å². The Balaban J connectivity index is 2.06. The van der Waals surface area contributed by atoms with E-state index >= 15 is 0 Å². The average molecular weight is 284 g/mol. The molecule has 0 amide bonds. The van der Waals surface area contributed by atoms with E-state index in [-0.39, 0.29) is 11.1 Å². The van der Waals surface area contributed by atoms with Crippen molar-refractivity contribution in [3.63, 3.8) is 0 Å². The zero-order valence-corrected chi connectivity index (χ0v) is 13.2. The second-order valence-corrected chi connectivity index (χ2v) is 7.04. The molecular formula is C16H32N2O2. The smallest absolute Gasteiger partial charge is 0.0670 e. The summed E-state index contributed by atoms with van der Waals surface area (Å²) in [6.07, 6.45) is 7.78. The lowest BCUT2D eigenvalue weighted by molar-refractivity contribution is -0.103. The summed E-state index contributed by atoms with van der Waals surface area (Å²) in [6, 6.07) is 0.413. The Labute approximate surface area is 123 Å². The summed E-state index contributed by atoms with van der Waals surface area (Å²) in [4.78, 5) is 0. The number of aliphatic hydroxyl groups is 1. The van der Waals surface area contributed by atoms with Crippen molar-refractivity contribution in [1.82, 2.24) is 5.32 Å². The summed E-state index contributed by atoms with van der Waals surface area (Å²) >= 11 is 0. The Bertz CT molecular complexity index is 313. The van der Waals surface area contributed by atoms with Crippen LogP contribution in [0.4, 0.5) is 0 Å². The largest absolute Gasteiger partial charge is 0.396 e. The first-order valence-electron chi connectivity index (χ1n) is 8.29. The van der Waals surface area contributed by atoms with Gasteiger partial charge in [0.05, 0.1) is 5.60 Å². The van der Waals surface area contributed by atoms with Gasteiger partial charge < -0.3 is 20.9 Å². The second kappa shape index (κ2) is 6.73. The number of hydrogen-bond acceptors (Lipinski definition) is 4.